The average Bonchev–Trinajstić information content (AvgIpc) is 3.30. The van der Waals surface area contributed by atoms with E-state index in [1.807, 2.05) is 0 Å². The van der Waals surface area contributed by atoms with Crippen LogP contribution in [0.4, 0.5) is 9.59 Å². The molecule has 0 aromatic heterocycles. The average molecular weight is 911 g/mol. The van der Waals surface area contributed by atoms with Gasteiger partial charge >= 0.3 is 36.2 Å². The Balaban J connectivity index is 1.33. The van der Waals surface area contributed by atoms with E-state index < -0.39 is 94.8 Å². The summed E-state index contributed by atoms with van der Waals surface area (Å²) >= 11 is 0. The van der Waals surface area contributed by atoms with Crippen LogP contribution in [0.25, 0.3) is 0 Å². The number of para-hydroxylation sites is 2. The third-order valence-corrected chi connectivity index (χ3v) is 11.6. The Kier molecular flexibility index (Phi) is 16.1. The smallest absolute Gasteiger partial charge is 0.445 e. The van der Waals surface area contributed by atoms with Crippen molar-refractivity contribution in [3.63, 3.8) is 0 Å². The Morgan fingerprint density at radius 3 is 1.21 bits per heavy atom. The Morgan fingerprint density at radius 1 is 0.485 bits per heavy atom. The Labute approximate surface area is 382 Å². The minimum Gasteiger partial charge on any atom is -0.445 e. The molecule has 0 heterocycles. The zero-order chi connectivity index (χ0) is 47.4. The van der Waals surface area contributed by atoms with Crippen molar-refractivity contribution < 1.29 is 76.6 Å². The van der Waals surface area contributed by atoms with Gasteiger partial charge in [0.25, 0.3) is 0 Å². The van der Waals surface area contributed by atoms with Crippen LogP contribution in [0.5, 0.6) is 11.5 Å². The van der Waals surface area contributed by atoms with E-state index >= 15 is 0 Å². The van der Waals surface area contributed by atoms with Crippen LogP contribution < -0.4 is 9.47 Å². The highest BCUT2D eigenvalue weighted by Crippen LogP contribution is 2.41. The molecule has 0 radical (unpaired) electrons. The summed E-state index contributed by atoms with van der Waals surface area (Å²) in [5.74, 6) is -11.5. The molecule has 16 nitrogen and oxygen atoms in total. The zero-order valence-electron chi connectivity index (χ0n) is 37.3. The van der Waals surface area contributed by atoms with Gasteiger partial charge in [-0.25, -0.2) is 29.0 Å². The lowest BCUT2D eigenvalue weighted by molar-refractivity contribution is -0.268. The van der Waals surface area contributed by atoms with Gasteiger partial charge in [0.05, 0.1) is 35.2 Å². The van der Waals surface area contributed by atoms with Gasteiger partial charge in [0.15, 0.2) is 0 Å². The number of rotatable bonds is 14. The van der Waals surface area contributed by atoms with Gasteiger partial charge in [0, 0.05) is 0 Å². The van der Waals surface area contributed by atoms with Crippen LogP contribution in [0.15, 0.2) is 97.1 Å². The number of ketones is 2. The second kappa shape index (κ2) is 21.9. The van der Waals surface area contributed by atoms with Crippen molar-refractivity contribution in [1.82, 2.24) is 0 Å². The number of carbonyl (C=O) groups is 8. The van der Waals surface area contributed by atoms with E-state index in [0.717, 1.165) is 38.5 Å². The van der Waals surface area contributed by atoms with E-state index in [9.17, 15) is 38.4 Å². The number of Topliss-reactive ketones (excluding diaryl/α,β-unsaturated/α-hetero) is 2. The molecule has 6 rings (SSSR count). The number of carbonyl (C=O) groups excluding carboxylic acids is 8. The zero-order valence-corrected chi connectivity index (χ0v) is 37.3. The standard InChI is InChI=1S/C50H54O16/c1-31(2)59-47(57)61-39-27-13-11-23-35(39)41(51)49(63-43(53)33-19-7-5-8-20-33)29-17-15-25-37(49)45(55)65-66-46(56)38-26-16-18-30-50(38,64-44(54)34-21-9-6-10-22-34)42(52)36-24-12-14-28-40(36)62-48(58)60-32(3)4/h11-18,23-34,37-38H,5-10,19-22H2,1-4H3. The van der Waals surface area contributed by atoms with Crippen molar-refractivity contribution in [3.05, 3.63) is 108 Å². The molecule has 2 aromatic rings. The molecule has 0 amide bonds. The van der Waals surface area contributed by atoms with E-state index in [0.29, 0.717) is 25.7 Å². The van der Waals surface area contributed by atoms with E-state index in [4.69, 9.17) is 38.2 Å². The van der Waals surface area contributed by atoms with E-state index in [2.05, 4.69) is 0 Å². The summed E-state index contributed by atoms with van der Waals surface area (Å²) in [4.78, 5) is 122. The lowest BCUT2D eigenvalue weighted by Crippen LogP contribution is -2.54. The normalized spacial score (nSPS) is 22.8. The molecule has 0 N–H and O–H groups in total. The van der Waals surface area contributed by atoms with Crippen molar-refractivity contribution in [2.45, 2.75) is 115 Å². The van der Waals surface area contributed by atoms with Gasteiger partial charge in [0.2, 0.25) is 22.8 Å². The third kappa shape index (κ3) is 11.3. The molecule has 16 heteroatoms. The second-order valence-electron chi connectivity index (χ2n) is 17.0. The van der Waals surface area contributed by atoms with E-state index in [1.165, 1.54) is 97.1 Å². The first-order valence-corrected chi connectivity index (χ1v) is 22.3. The maximum atomic E-state index is 14.9. The fourth-order valence-corrected chi connectivity index (χ4v) is 8.35. The molecule has 4 aliphatic carbocycles. The molecule has 4 aliphatic rings. The SMILES string of the molecule is CC(C)OC(=O)Oc1ccccc1C(=O)C1(OC(=O)C2CCCCC2)C=CC=CC1C(=O)OOC(=O)C1C=CC=CC1(OC(=O)C1CCCCC1)C(=O)c1ccccc1OC(=O)OC(C)C. The van der Waals surface area contributed by atoms with Gasteiger partial charge in [-0.2, -0.15) is 0 Å². The van der Waals surface area contributed by atoms with Gasteiger partial charge < -0.3 is 28.4 Å². The van der Waals surface area contributed by atoms with E-state index in [1.54, 1.807) is 27.7 Å². The van der Waals surface area contributed by atoms with Crippen LogP contribution in [-0.4, -0.2) is 71.2 Å². The Bertz CT molecular complexity index is 2130. The molecule has 66 heavy (non-hydrogen) atoms. The number of esters is 2. The fourth-order valence-electron chi connectivity index (χ4n) is 8.35. The van der Waals surface area contributed by atoms with Gasteiger partial charge in [-0.3, -0.25) is 19.2 Å². The van der Waals surface area contributed by atoms with Crippen molar-refractivity contribution in [2.24, 2.45) is 23.7 Å². The van der Waals surface area contributed by atoms with Crippen LogP contribution in [-0.2, 0) is 47.9 Å². The summed E-state index contributed by atoms with van der Waals surface area (Å²) in [5, 5.41) is 0. The Morgan fingerprint density at radius 2 is 0.848 bits per heavy atom. The molecule has 2 saturated carbocycles. The van der Waals surface area contributed by atoms with Crippen LogP contribution in [0.2, 0.25) is 0 Å². The molecule has 0 aliphatic heterocycles. The second-order valence-corrected chi connectivity index (χ2v) is 17.0. The molecule has 0 spiro atoms. The minimum atomic E-state index is -2.46. The quantitative estimate of drug-likeness (QED) is 0.0433. The number of hydrogen-bond donors (Lipinski definition) is 0. The summed E-state index contributed by atoms with van der Waals surface area (Å²) in [6.45, 7) is 6.41. The van der Waals surface area contributed by atoms with Crippen molar-refractivity contribution in [3.8, 4) is 11.5 Å². The monoisotopic (exact) mass is 910 g/mol. The van der Waals surface area contributed by atoms with E-state index in [-0.39, 0.29) is 22.6 Å². The topological polar surface area (TPSA) is 210 Å². The number of benzene rings is 2. The van der Waals surface area contributed by atoms with Gasteiger partial charge in [-0.05, 0) is 89.8 Å². The summed E-state index contributed by atoms with van der Waals surface area (Å²) in [6.07, 6.45) is 13.7. The summed E-state index contributed by atoms with van der Waals surface area (Å²) in [7, 11) is 0. The molecule has 2 aromatic carbocycles. The van der Waals surface area contributed by atoms with Gasteiger partial charge in [-0.1, -0.05) is 99.2 Å². The van der Waals surface area contributed by atoms with Gasteiger partial charge in [0.1, 0.15) is 23.3 Å². The maximum Gasteiger partial charge on any atom is 0.514 e. The van der Waals surface area contributed by atoms with Crippen LogP contribution in [0.1, 0.15) is 113 Å². The highest BCUT2D eigenvalue weighted by Gasteiger charge is 2.56. The lowest BCUT2D eigenvalue weighted by atomic mass is 9.77. The molecule has 0 bridgehead atoms. The van der Waals surface area contributed by atoms with Crippen molar-refractivity contribution in [1.29, 1.82) is 0 Å². The first-order chi connectivity index (χ1) is 31.6. The minimum absolute atomic E-state index is 0.256. The van der Waals surface area contributed by atoms with Crippen molar-refractivity contribution >= 4 is 47.8 Å². The molecule has 0 saturated heterocycles. The molecular weight excluding hydrogens is 857 g/mol. The summed E-state index contributed by atoms with van der Waals surface area (Å²) in [5.41, 5.74) is -5.43. The Hall–Kier alpha value is -6.84. The third-order valence-electron chi connectivity index (χ3n) is 11.6. The molecule has 4 unspecified atom stereocenters. The molecule has 4 atom stereocenters. The lowest BCUT2D eigenvalue weighted by Gasteiger charge is -2.37. The summed E-state index contributed by atoms with van der Waals surface area (Å²) < 4.78 is 33.2. The highest BCUT2D eigenvalue weighted by molar-refractivity contribution is 6.11. The largest absolute Gasteiger partial charge is 0.514 e. The van der Waals surface area contributed by atoms with Gasteiger partial charge in [-0.15, -0.1) is 0 Å². The predicted octanol–water partition coefficient (Wildman–Crippen LogP) is 8.81. The van der Waals surface area contributed by atoms with Crippen LogP contribution in [0, 0.1) is 23.7 Å². The number of hydrogen-bond acceptors (Lipinski definition) is 16. The molecular formula is C50H54O16. The maximum absolute atomic E-state index is 14.9. The first-order valence-electron chi connectivity index (χ1n) is 22.3. The fraction of sp³-hybridized carbons (Fsp3) is 0.440. The number of allylic oxidation sites excluding steroid dienone is 4. The van der Waals surface area contributed by atoms with Crippen molar-refractivity contribution in [2.75, 3.05) is 0 Å². The summed E-state index contributed by atoms with van der Waals surface area (Å²) in [6, 6.07) is 11.2. The number of ether oxygens (including phenoxy) is 6. The first kappa shape index (κ1) is 48.6. The van der Waals surface area contributed by atoms with Crippen LogP contribution >= 0.6 is 0 Å². The predicted molar refractivity (Wildman–Crippen MR) is 233 cm³/mol. The highest BCUT2D eigenvalue weighted by atomic mass is 17.2. The molecule has 350 valence electrons. The molecule has 2 fully saturated rings. The van der Waals surface area contributed by atoms with Crippen LogP contribution in [0.3, 0.4) is 0 Å².